The van der Waals surface area contributed by atoms with E-state index in [1.165, 1.54) is 29.8 Å². The average molecular weight is 1110 g/mol. The topological polar surface area (TPSA) is 33.5 Å². The van der Waals surface area contributed by atoms with Gasteiger partial charge in [0, 0.05) is 72.5 Å². The Balaban J connectivity index is 0.00000582. The molecular weight excluding hydrogens is 1060 g/mol. The molecule has 0 saturated carbocycles. The SMILES string of the molecule is Cc1ccccc1-c1cc(Oc2[c-]c3c(cc2)c2ccccc2n3-c2cc(C(C)(C)C)ccn2)[c-]c(N2[CH-]N(c3c(-c4ccc(F)cc4)cc(C(C)(C)C)cc3-c3ccc(F)cc3)c3ccccc32)c1.[Pt]. The summed E-state index contributed by atoms with van der Waals surface area (Å²) in [5.74, 6) is 1.23. The molecule has 3 heterocycles. The molecule has 0 atom stereocenters. The summed E-state index contributed by atoms with van der Waals surface area (Å²) in [7, 11) is 0. The monoisotopic (exact) mass is 1110 g/mol. The average Bonchev–Trinajstić information content (AvgIpc) is 3.90. The number of nitrogens with zero attached hydrogens (tertiary/aromatic N) is 4. The number of anilines is 4. The molecule has 5 nitrogen and oxygen atoms in total. The number of hydrogen-bond acceptors (Lipinski definition) is 4. The molecule has 0 radical (unpaired) electrons. The van der Waals surface area contributed by atoms with Crippen LogP contribution in [0.5, 0.6) is 11.5 Å². The van der Waals surface area contributed by atoms with Gasteiger partial charge in [0.15, 0.2) is 0 Å². The molecule has 356 valence electrons. The number of benzene rings is 8. The van der Waals surface area contributed by atoms with Gasteiger partial charge in [0.05, 0.1) is 0 Å². The first-order valence-corrected chi connectivity index (χ1v) is 23.6. The van der Waals surface area contributed by atoms with E-state index < -0.39 is 0 Å². The van der Waals surface area contributed by atoms with E-state index in [-0.39, 0.29) is 43.5 Å². The molecule has 0 N–H and O–H groups in total. The number of para-hydroxylation sites is 3. The molecule has 0 amide bonds. The summed E-state index contributed by atoms with van der Waals surface area (Å²) in [6.45, 7) is 17.4. The molecule has 2 aromatic heterocycles. The molecular formula is C63H51F2N4OPt-3. The third-order valence-corrected chi connectivity index (χ3v) is 13.3. The zero-order chi connectivity index (χ0) is 48.5. The summed E-state index contributed by atoms with van der Waals surface area (Å²) >= 11 is 0. The molecule has 11 rings (SSSR count). The Labute approximate surface area is 429 Å². The Kier molecular flexibility index (Phi) is 12.3. The van der Waals surface area contributed by atoms with Crippen LogP contribution in [0.15, 0.2) is 176 Å². The maximum Gasteiger partial charge on any atom is 0.135 e. The fraction of sp³-hybridized carbons (Fsp3) is 0.143. The molecule has 8 aromatic carbocycles. The Morgan fingerprint density at radius 1 is 0.535 bits per heavy atom. The molecule has 0 saturated heterocycles. The van der Waals surface area contributed by atoms with Crippen LogP contribution >= 0.6 is 0 Å². The van der Waals surface area contributed by atoms with Gasteiger partial charge in [-0.15, -0.1) is 53.6 Å². The maximum atomic E-state index is 14.6. The van der Waals surface area contributed by atoms with Gasteiger partial charge in [-0.05, 0) is 123 Å². The Morgan fingerprint density at radius 3 is 1.79 bits per heavy atom. The van der Waals surface area contributed by atoms with Crippen molar-refractivity contribution < 1.29 is 34.6 Å². The largest absolute Gasteiger partial charge is 0.509 e. The van der Waals surface area contributed by atoms with Gasteiger partial charge in [-0.3, -0.25) is 0 Å². The standard InChI is InChI=1S/C63H51F2N4O.Pt/c1-40-14-8-9-15-51(40)43-32-48(37-50(33-43)70-49-28-29-53-52-16-10-11-17-56(52)69(59(53)38-49)60-36-44(30-31-66-60)62(2,3)4)67-39-68(58-19-13-12-18-57(58)67)61-54(41-20-24-46(64)25-21-41)34-45(63(5,6)7)35-55(61)42-22-26-47(65)27-23-42;/h8-36,39H,1-7H3;/q-3;. The Bertz CT molecular complexity index is 3560. The summed E-state index contributed by atoms with van der Waals surface area (Å²) in [5.41, 5.74) is 14.0. The van der Waals surface area contributed by atoms with Crippen molar-refractivity contribution in [2.75, 3.05) is 9.80 Å². The number of hydrogen-bond donors (Lipinski definition) is 0. The van der Waals surface area contributed by atoms with Crippen molar-refractivity contribution in [2.24, 2.45) is 0 Å². The molecule has 10 aromatic rings. The summed E-state index contributed by atoms with van der Waals surface area (Å²) in [5, 5.41) is 2.15. The van der Waals surface area contributed by atoms with Crippen LogP contribution in [0.3, 0.4) is 0 Å². The van der Waals surface area contributed by atoms with Crippen molar-refractivity contribution in [3.8, 4) is 50.7 Å². The molecule has 0 spiro atoms. The predicted octanol–water partition coefficient (Wildman–Crippen LogP) is 17.2. The maximum absolute atomic E-state index is 14.6. The van der Waals surface area contributed by atoms with Gasteiger partial charge in [-0.25, -0.2) is 13.8 Å². The van der Waals surface area contributed by atoms with Gasteiger partial charge in [-0.1, -0.05) is 126 Å². The van der Waals surface area contributed by atoms with Crippen LogP contribution in [-0.4, -0.2) is 9.55 Å². The second kappa shape index (κ2) is 18.4. The zero-order valence-corrected chi connectivity index (χ0v) is 42.9. The van der Waals surface area contributed by atoms with Crippen molar-refractivity contribution in [2.45, 2.75) is 59.3 Å². The van der Waals surface area contributed by atoms with Gasteiger partial charge in [-0.2, -0.15) is 6.07 Å². The molecule has 0 aliphatic carbocycles. The van der Waals surface area contributed by atoms with Gasteiger partial charge >= 0.3 is 0 Å². The second-order valence-corrected chi connectivity index (χ2v) is 20.2. The summed E-state index contributed by atoms with van der Waals surface area (Å²) in [6, 6.07) is 62.5. The van der Waals surface area contributed by atoms with E-state index in [0.717, 1.165) is 94.9 Å². The predicted molar refractivity (Wildman–Crippen MR) is 283 cm³/mol. The van der Waals surface area contributed by atoms with E-state index in [1.54, 1.807) is 0 Å². The molecule has 1 aliphatic rings. The molecule has 0 bridgehead atoms. The van der Waals surface area contributed by atoms with Crippen molar-refractivity contribution >= 4 is 44.6 Å². The van der Waals surface area contributed by atoms with E-state index in [2.05, 4.69) is 173 Å². The second-order valence-electron chi connectivity index (χ2n) is 20.2. The van der Waals surface area contributed by atoms with Gasteiger partial charge in [0.25, 0.3) is 0 Å². The fourth-order valence-corrected chi connectivity index (χ4v) is 9.57. The van der Waals surface area contributed by atoms with Crippen LogP contribution < -0.4 is 14.5 Å². The van der Waals surface area contributed by atoms with Crippen LogP contribution in [0.4, 0.5) is 31.5 Å². The van der Waals surface area contributed by atoms with E-state index in [4.69, 9.17) is 9.72 Å². The number of aryl methyl sites for hydroxylation is 1. The molecule has 0 unspecified atom stereocenters. The van der Waals surface area contributed by atoms with Crippen molar-refractivity contribution in [1.82, 2.24) is 9.55 Å². The Hall–Kier alpha value is -7.34. The first-order valence-electron chi connectivity index (χ1n) is 23.6. The van der Waals surface area contributed by atoms with Gasteiger partial charge in [0.1, 0.15) is 17.5 Å². The molecule has 8 heteroatoms. The smallest absolute Gasteiger partial charge is 0.135 e. The zero-order valence-electron chi connectivity index (χ0n) is 40.6. The first-order chi connectivity index (χ1) is 33.7. The minimum absolute atomic E-state index is 0. The van der Waals surface area contributed by atoms with Crippen LogP contribution in [0.2, 0.25) is 0 Å². The van der Waals surface area contributed by atoms with Crippen molar-refractivity contribution in [3.05, 3.63) is 223 Å². The van der Waals surface area contributed by atoms with Crippen LogP contribution in [0.1, 0.15) is 58.2 Å². The third kappa shape index (κ3) is 8.93. The summed E-state index contributed by atoms with van der Waals surface area (Å²) in [6.07, 6.45) is 1.88. The first kappa shape index (κ1) is 47.3. The van der Waals surface area contributed by atoms with Crippen LogP contribution in [0, 0.1) is 37.4 Å². The quantitative estimate of drug-likeness (QED) is 0.142. The van der Waals surface area contributed by atoms with Gasteiger partial charge < -0.3 is 19.1 Å². The van der Waals surface area contributed by atoms with E-state index in [9.17, 15) is 8.78 Å². The van der Waals surface area contributed by atoms with Crippen LogP contribution in [0.25, 0.3) is 61.0 Å². The van der Waals surface area contributed by atoms with E-state index >= 15 is 0 Å². The number of pyridine rings is 1. The third-order valence-electron chi connectivity index (χ3n) is 13.3. The Morgan fingerprint density at radius 2 is 1.14 bits per heavy atom. The molecule has 0 fully saturated rings. The van der Waals surface area contributed by atoms with E-state index in [0.29, 0.717) is 11.5 Å². The number of fused-ring (bicyclic) bond motifs is 4. The number of aromatic nitrogens is 2. The minimum Gasteiger partial charge on any atom is -0.509 e. The summed E-state index contributed by atoms with van der Waals surface area (Å²) in [4.78, 5) is 9.22. The van der Waals surface area contributed by atoms with Gasteiger partial charge in [0.2, 0.25) is 0 Å². The number of rotatable bonds is 8. The number of ether oxygens (including phenoxy) is 1. The fourth-order valence-electron chi connectivity index (χ4n) is 9.57. The molecule has 71 heavy (non-hydrogen) atoms. The van der Waals surface area contributed by atoms with E-state index in [1.807, 2.05) is 60.8 Å². The number of halogens is 2. The van der Waals surface area contributed by atoms with Crippen LogP contribution in [-0.2, 0) is 31.9 Å². The van der Waals surface area contributed by atoms with Crippen molar-refractivity contribution in [1.29, 1.82) is 0 Å². The normalized spacial score (nSPS) is 12.6. The molecule has 1 aliphatic heterocycles. The summed E-state index contributed by atoms with van der Waals surface area (Å²) < 4.78 is 38.3. The minimum atomic E-state index is -0.315. The van der Waals surface area contributed by atoms with Crippen molar-refractivity contribution in [3.63, 3.8) is 0 Å².